The number of amides is 1. The minimum Gasteiger partial charge on any atom is -0.508 e. The molecule has 1 atom stereocenters. The lowest BCUT2D eigenvalue weighted by Crippen LogP contribution is -2.41. The zero-order chi connectivity index (χ0) is 14.5. The molecule has 0 spiro atoms. The summed E-state index contributed by atoms with van der Waals surface area (Å²) in [6, 6.07) is 8.22. The number of benzene rings is 1. The Hall–Kier alpha value is -1.55. The molecule has 1 unspecified atom stereocenters. The van der Waals surface area contributed by atoms with Crippen LogP contribution >= 0.6 is 0 Å². The van der Waals surface area contributed by atoms with Gasteiger partial charge >= 0.3 is 0 Å². The van der Waals surface area contributed by atoms with E-state index >= 15 is 0 Å². The molecule has 4 heteroatoms. The molecule has 4 N–H and O–H groups in total. The Balaban J connectivity index is 1.76. The third-order valence-electron chi connectivity index (χ3n) is 4.13. The number of nitrogens with two attached hydrogens (primary N) is 1. The van der Waals surface area contributed by atoms with Gasteiger partial charge in [0.05, 0.1) is 0 Å². The minimum absolute atomic E-state index is 0.0699. The number of phenolic OH excluding ortho intramolecular Hbond substituents is 1. The molecule has 0 bridgehead atoms. The van der Waals surface area contributed by atoms with E-state index in [1.807, 2.05) is 12.1 Å². The molecule has 1 aliphatic rings. The smallest absolute Gasteiger partial charge is 0.220 e. The van der Waals surface area contributed by atoms with Gasteiger partial charge in [-0.2, -0.15) is 0 Å². The second-order valence-electron chi connectivity index (χ2n) is 5.89. The van der Waals surface area contributed by atoms with Crippen molar-refractivity contribution in [1.82, 2.24) is 5.32 Å². The SMILES string of the molecule is CC(Cc1ccc(O)cc1)NC1CCC(C(N)=O)CC1. The number of rotatable bonds is 5. The van der Waals surface area contributed by atoms with E-state index < -0.39 is 0 Å². The van der Waals surface area contributed by atoms with E-state index in [0.29, 0.717) is 17.8 Å². The van der Waals surface area contributed by atoms with Gasteiger partial charge < -0.3 is 16.2 Å². The molecule has 1 aromatic rings. The van der Waals surface area contributed by atoms with Crippen LogP contribution in [-0.2, 0) is 11.2 Å². The molecule has 1 aromatic carbocycles. The Morgan fingerprint density at radius 2 is 1.90 bits per heavy atom. The van der Waals surface area contributed by atoms with Gasteiger partial charge in [0.25, 0.3) is 0 Å². The zero-order valence-electron chi connectivity index (χ0n) is 12.0. The standard InChI is InChI=1S/C16H24N2O2/c1-11(10-12-2-8-15(19)9-3-12)18-14-6-4-13(5-7-14)16(17)20/h2-3,8-9,11,13-14,18-19H,4-7,10H2,1H3,(H2,17,20). The highest BCUT2D eigenvalue weighted by molar-refractivity contribution is 5.76. The average Bonchev–Trinajstić information content (AvgIpc) is 2.42. The number of hydrogen-bond donors (Lipinski definition) is 3. The molecular weight excluding hydrogens is 252 g/mol. The Kier molecular flexibility index (Phi) is 5.01. The van der Waals surface area contributed by atoms with Crippen LogP contribution in [0.2, 0.25) is 0 Å². The largest absolute Gasteiger partial charge is 0.508 e. The van der Waals surface area contributed by atoms with Crippen LogP contribution < -0.4 is 11.1 Å². The molecule has 0 radical (unpaired) electrons. The van der Waals surface area contributed by atoms with Crippen LogP contribution in [0.5, 0.6) is 5.75 Å². The molecule has 1 aliphatic carbocycles. The summed E-state index contributed by atoms with van der Waals surface area (Å²) >= 11 is 0. The topological polar surface area (TPSA) is 75.3 Å². The van der Waals surface area contributed by atoms with E-state index in [0.717, 1.165) is 32.1 Å². The number of phenols is 1. The first kappa shape index (κ1) is 14.9. The summed E-state index contributed by atoms with van der Waals surface area (Å²) in [4.78, 5) is 11.1. The van der Waals surface area contributed by atoms with Gasteiger partial charge in [-0.3, -0.25) is 4.79 Å². The maximum Gasteiger partial charge on any atom is 0.220 e. The molecule has 0 saturated heterocycles. The maximum atomic E-state index is 11.1. The van der Waals surface area contributed by atoms with Gasteiger partial charge in [-0.05, 0) is 56.7 Å². The van der Waals surface area contributed by atoms with Gasteiger partial charge in [0.2, 0.25) is 5.91 Å². The van der Waals surface area contributed by atoms with Gasteiger partial charge in [0.15, 0.2) is 0 Å². The Bertz CT molecular complexity index is 436. The van der Waals surface area contributed by atoms with Gasteiger partial charge in [-0.1, -0.05) is 12.1 Å². The first-order chi connectivity index (χ1) is 9.54. The van der Waals surface area contributed by atoms with Crippen LogP contribution in [0.25, 0.3) is 0 Å². The number of aromatic hydroxyl groups is 1. The van der Waals surface area contributed by atoms with Gasteiger partial charge in [-0.25, -0.2) is 0 Å². The molecule has 0 aromatic heterocycles. The van der Waals surface area contributed by atoms with Crippen LogP contribution in [0.3, 0.4) is 0 Å². The first-order valence-electron chi connectivity index (χ1n) is 7.38. The maximum absolute atomic E-state index is 11.1. The molecule has 1 amide bonds. The van der Waals surface area contributed by atoms with Crippen LogP contribution in [0, 0.1) is 5.92 Å². The molecule has 0 heterocycles. The van der Waals surface area contributed by atoms with Crippen LogP contribution in [0.15, 0.2) is 24.3 Å². The normalized spacial score (nSPS) is 24.2. The Labute approximate surface area is 120 Å². The molecule has 2 rings (SSSR count). The van der Waals surface area contributed by atoms with Gasteiger partial charge in [-0.15, -0.1) is 0 Å². The Morgan fingerprint density at radius 3 is 2.45 bits per heavy atom. The highest BCUT2D eigenvalue weighted by Gasteiger charge is 2.25. The van der Waals surface area contributed by atoms with Crippen molar-refractivity contribution in [2.75, 3.05) is 0 Å². The summed E-state index contributed by atoms with van der Waals surface area (Å²) in [6.07, 6.45) is 4.79. The highest BCUT2D eigenvalue weighted by atomic mass is 16.3. The van der Waals surface area contributed by atoms with Gasteiger partial charge in [0.1, 0.15) is 5.75 Å². The number of primary amides is 1. The zero-order valence-corrected chi connectivity index (χ0v) is 12.0. The number of carbonyl (C=O) groups excluding carboxylic acids is 1. The lowest BCUT2D eigenvalue weighted by atomic mass is 9.85. The van der Waals surface area contributed by atoms with Crippen molar-refractivity contribution < 1.29 is 9.90 Å². The monoisotopic (exact) mass is 276 g/mol. The Morgan fingerprint density at radius 1 is 1.30 bits per heavy atom. The molecule has 20 heavy (non-hydrogen) atoms. The van der Waals surface area contributed by atoms with Crippen molar-refractivity contribution >= 4 is 5.91 Å². The van der Waals surface area contributed by atoms with Gasteiger partial charge in [0, 0.05) is 18.0 Å². The molecule has 1 fully saturated rings. The fraction of sp³-hybridized carbons (Fsp3) is 0.562. The molecule has 0 aliphatic heterocycles. The second kappa shape index (κ2) is 6.75. The van der Waals surface area contributed by atoms with E-state index in [-0.39, 0.29) is 11.8 Å². The van der Waals surface area contributed by atoms with Crippen molar-refractivity contribution in [3.63, 3.8) is 0 Å². The average molecular weight is 276 g/mol. The summed E-state index contributed by atoms with van der Waals surface area (Å²) < 4.78 is 0. The van der Waals surface area contributed by atoms with E-state index in [1.54, 1.807) is 12.1 Å². The van der Waals surface area contributed by atoms with Crippen LogP contribution in [0.4, 0.5) is 0 Å². The number of hydrogen-bond acceptors (Lipinski definition) is 3. The third kappa shape index (κ3) is 4.23. The highest BCUT2D eigenvalue weighted by Crippen LogP contribution is 2.24. The summed E-state index contributed by atoms with van der Waals surface area (Å²) in [6.45, 7) is 2.17. The predicted octanol–water partition coefficient (Wildman–Crippen LogP) is 1.96. The van der Waals surface area contributed by atoms with Crippen LogP contribution in [-0.4, -0.2) is 23.1 Å². The third-order valence-corrected chi connectivity index (χ3v) is 4.13. The first-order valence-corrected chi connectivity index (χ1v) is 7.38. The fourth-order valence-corrected chi connectivity index (χ4v) is 2.99. The van der Waals surface area contributed by atoms with Crippen molar-refractivity contribution in [1.29, 1.82) is 0 Å². The summed E-state index contributed by atoms with van der Waals surface area (Å²) in [5.41, 5.74) is 6.56. The summed E-state index contributed by atoms with van der Waals surface area (Å²) in [7, 11) is 0. The lowest BCUT2D eigenvalue weighted by molar-refractivity contribution is -0.122. The number of nitrogens with one attached hydrogen (secondary N) is 1. The predicted molar refractivity (Wildman–Crippen MR) is 79.3 cm³/mol. The summed E-state index contributed by atoms with van der Waals surface area (Å²) in [5, 5.41) is 12.9. The quantitative estimate of drug-likeness (QED) is 0.769. The van der Waals surface area contributed by atoms with Crippen molar-refractivity contribution in [3.05, 3.63) is 29.8 Å². The van der Waals surface area contributed by atoms with E-state index in [2.05, 4.69) is 12.2 Å². The van der Waals surface area contributed by atoms with Crippen molar-refractivity contribution in [3.8, 4) is 5.75 Å². The second-order valence-corrected chi connectivity index (χ2v) is 5.89. The van der Waals surface area contributed by atoms with Crippen molar-refractivity contribution in [2.24, 2.45) is 11.7 Å². The van der Waals surface area contributed by atoms with Crippen LogP contribution in [0.1, 0.15) is 38.2 Å². The van der Waals surface area contributed by atoms with E-state index in [4.69, 9.17) is 5.73 Å². The minimum atomic E-state index is -0.152. The summed E-state index contributed by atoms with van der Waals surface area (Å²) in [5.74, 6) is 0.222. The molecule has 4 nitrogen and oxygen atoms in total. The fourth-order valence-electron chi connectivity index (χ4n) is 2.99. The molecule has 110 valence electrons. The van der Waals surface area contributed by atoms with E-state index in [9.17, 15) is 9.90 Å². The molecular formula is C16H24N2O2. The molecule has 1 saturated carbocycles. The lowest BCUT2D eigenvalue weighted by Gasteiger charge is -2.30. The van der Waals surface area contributed by atoms with Crippen molar-refractivity contribution in [2.45, 2.75) is 51.1 Å². The number of carbonyl (C=O) groups is 1. The van der Waals surface area contributed by atoms with E-state index in [1.165, 1.54) is 5.56 Å².